The van der Waals surface area contributed by atoms with E-state index in [1.165, 1.54) is 0 Å². The fourth-order valence-electron chi connectivity index (χ4n) is 1.50. The maximum atomic E-state index is 4.24. The highest BCUT2D eigenvalue weighted by Gasteiger charge is 2.06. The highest BCUT2D eigenvalue weighted by molar-refractivity contribution is 5.87. The van der Waals surface area contributed by atoms with Gasteiger partial charge in [-0.3, -0.25) is 9.97 Å². The Balaban J connectivity index is 2.31. The monoisotopic (exact) mass is 197 g/mol. The minimum absolute atomic E-state index is 0.693. The Labute approximate surface area is 85.3 Å². The molecule has 1 N–H and O–H groups in total. The lowest BCUT2D eigenvalue weighted by molar-refractivity contribution is 1.20. The Morgan fingerprint density at radius 2 is 2.00 bits per heavy atom. The Kier molecular flexibility index (Phi) is 1.68. The smallest absolute Gasteiger partial charge is 0.178 e. The first-order chi connectivity index (χ1) is 7.45. The van der Waals surface area contributed by atoms with Crippen LogP contribution in [-0.2, 0) is 0 Å². The predicted molar refractivity (Wildman–Crippen MR) is 54.9 cm³/mol. The number of rotatable bonds is 1. The number of H-pyrrole nitrogens is 1. The lowest BCUT2D eigenvalue weighted by Gasteiger charge is -1.99. The number of hydrogen-bond donors (Lipinski definition) is 1. The summed E-state index contributed by atoms with van der Waals surface area (Å²) in [6.07, 6.45) is 8.37. The lowest BCUT2D eigenvalue weighted by Crippen LogP contribution is -1.87. The average molecular weight is 197 g/mol. The molecule has 0 fully saturated rings. The Morgan fingerprint density at radius 3 is 2.87 bits per heavy atom. The zero-order valence-electron chi connectivity index (χ0n) is 7.75. The van der Waals surface area contributed by atoms with E-state index < -0.39 is 0 Å². The molecule has 0 unspecified atom stereocenters. The van der Waals surface area contributed by atoms with Gasteiger partial charge in [0.05, 0.1) is 23.7 Å². The van der Waals surface area contributed by atoms with E-state index in [4.69, 9.17) is 0 Å². The van der Waals surface area contributed by atoms with Crippen molar-refractivity contribution in [3.05, 3.63) is 37.2 Å². The topological polar surface area (TPSA) is 67.3 Å². The number of aromatic amines is 1. The molecule has 72 valence electrons. The van der Waals surface area contributed by atoms with Crippen LogP contribution in [0.15, 0.2) is 37.2 Å². The molecule has 0 bridgehead atoms. The number of nitrogens with zero attached hydrogens (tertiary/aromatic N) is 4. The molecule has 0 aromatic carbocycles. The van der Waals surface area contributed by atoms with Crippen molar-refractivity contribution in [2.75, 3.05) is 0 Å². The third-order valence-corrected chi connectivity index (χ3v) is 2.17. The van der Waals surface area contributed by atoms with Gasteiger partial charge in [0.2, 0.25) is 0 Å². The van der Waals surface area contributed by atoms with Gasteiger partial charge in [-0.1, -0.05) is 0 Å². The summed E-state index contributed by atoms with van der Waals surface area (Å²) in [6.45, 7) is 0. The number of nitrogens with one attached hydrogen (secondary N) is 1. The summed E-state index contributed by atoms with van der Waals surface area (Å²) in [7, 11) is 0. The summed E-state index contributed by atoms with van der Waals surface area (Å²) in [5.41, 5.74) is 3.36. The van der Waals surface area contributed by atoms with Crippen LogP contribution >= 0.6 is 0 Å². The molecule has 5 nitrogen and oxygen atoms in total. The Morgan fingerprint density at radius 1 is 1.00 bits per heavy atom. The average Bonchev–Trinajstić information content (AvgIpc) is 2.78. The van der Waals surface area contributed by atoms with Gasteiger partial charge >= 0.3 is 0 Å². The van der Waals surface area contributed by atoms with Crippen LogP contribution in [0.2, 0.25) is 0 Å². The second-order valence-electron chi connectivity index (χ2n) is 3.05. The van der Waals surface area contributed by atoms with Crippen molar-refractivity contribution in [1.29, 1.82) is 0 Å². The molecule has 0 amide bonds. The molecule has 0 atom stereocenters. The van der Waals surface area contributed by atoms with Crippen molar-refractivity contribution in [1.82, 2.24) is 24.9 Å². The fraction of sp³-hybridized carbons (Fsp3) is 0. The van der Waals surface area contributed by atoms with Gasteiger partial charge in [0.15, 0.2) is 5.65 Å². The molecule has 3 aromatic rings. The molecule has 15 heavy (non-hydrogen) atoms. The van der Waals surface area contributed by atoms with Crippen molar-refractivity contribution in [3.63, 3.8) is 0 Å². The molecule has 0 aliphatic rings. The van der Waals surface area contributed by atoms with Crippen LogP contribution < -0.4 is 0 Å². The number of fused-ring (bicyclic) bond motifs is 1. The number of hydrogen-bond acceptors (Lipinski definition) is 4. The van der Waals surface area contributed by atoms with Crippen LogP contribution in [-0.4, -0.2) is 24.9 Å². The number of pyridine rings is 1. The molecule has 0 radical (unpaired) electrons. The summed E-state index contributed by atoms with van der Waals surface area (Å²) in [5, 5.41) is 0. The first-order valence-corrected chi connectivity index (χ1v) is 4.49. The van der Waals surface area contributed by atoms with Crippen molar-refractivity contribution in [2.24, 2.45) is 0 Å². The quantitative estimate of drug-likeness (QED) is 0.640. The molecule has 0 saturated carbocycles. The first kappa shape index (κ1) is 8.05. The van der Waals surface area contributed by atoms with Gasteiger partial charge in [-0.2, -0.15) is 0 Å². The van der Waals surface area contributed by atoms with E-state index in [-0.39, 0.29) is 0 Å². The number of imidazole rings is 1. The van der Waals surface area contributed by atoms with Crippen LogP contribution in [0, 0.1) is 0 Å². The SMILES string of the molecule is c1cnc(-c2ccnc3nc[nH]c23)cn1. The maximum Gasteiger partial charge on any atom is 0.178 e. The third-order valence-electron chi connectivity index (χ3n) is 2.17. The number of aromatic nitrogens is 5. The maximum absolute atomic E-state index is 4.24. The van der Waals surface area contributed by atoms with Gasteiger partial charge in [0.1, 0.15) is 0 Å². The van der Waals surface area contributed by atoms with Gasteiger partial charge < -0.3 is 4.98 Å². The van der Waals surface area contributed by atoms with Gasteiger partial charge in [-0.15, -0.1) is 0 Å². The molecular formula is C10H7N5. The summed E-state index contributed by atoms with van der Waals surface area (Å²) < 4.78 is 0. The molecule has 0 spiro atoms. The van der Waals surface area contributed by atoms with E-state index in [9.17, 15) is 0 Å². The summed E-state index contributed by atoms with van der Waals surface area (Å²) in [6, 6.07) is 1.89. The predicted octanol–water partition coefficient (Wildman–Crippen LogP) is 1.41. The standard InChI is InChI=1S/C10H7N5/c1-2-13-10-9(14-6-15-10)7(1)8-5-11-3-4-12-8/h1-6H,(H,13,14,15). The Hall–Kier alpha value is -2.30. The highest BCUT2D eigenvalue weighted by Crippen LogP contribution is 2.21. The van der Waals surface area contributed by atoms with E-state index in [0.29, 0.717) is 5.65 Å². The second kappa shape index (κ2) is 3.13. The highest BCUT2D eigenvalue weighted by atomic mass is 14.9. The van der Waals surface area contributed by atoms with Crippen LogP contribution in [0.4, 0.5) is 0 Å². The molecular weight excluding hydrogens is 190 g/mol. The molecule has 3 rings (SSSR count). The largest absolute Gasteiger partial charge is 0.343 e. The molecule has 3 aromatic heterocycles. The third kappa shape index (κ3) is 1.25. The van der Waals surface area contributed by atoms with E-state index in [1.807, 2.05) is 6.07 Å². The second-order valence-corrected chi connectivity index (χ2v) is 3.05. The van der Waals surface area contributed by atoms with E-state index >= 15 is 0 Å². The van der Waals surface area contributed by atoms with Crippen LogP contribution in [0.1, 0.15) is 0 Å². The molecule has 0 aliphatic heterocycles. The molecule has 0 aliphatic carbocycles. The van der Waals surface area contributed by atoms with Crippen molar-refractivity contribution >= 4 is 11.2 Å². The normalized spacial score (nSPS) is 10.7. The lowest BCUT2D eigenvalue weighted by atomic mass is 10.2. The van der Waals surface area contributed by atoms with Gasteiger partial charge in [0.25, 0.3) is 0 Å². The van der Waals surface area contributed by atoms with Gasteiger partial charge in [-0.05, 0) is 6.07 Å². The van der Waals surface area contributed by atoms with Crippen LogP contribution in [0.5, 0.6) is 0 Å². The summed E-state index contributed by atoms with van der Waals surface area (Å²) in [5.74, 6) is 0. The first-order valence-electron chi connectivity index (χ1n) is 4.49. The zero-order valence-corrected chi connectivity index (χ0v) is 7.75. The van der Waals surface area contributed by atoms with E-state index in [0.717, 1.165) is 16.8 Å². The van der Waals surface area contributed by atoms with E-state index in [2.05, 4.69) is 24.9 Å². The van der Waals surface area contributed by atoms with E-state index in [1.54, 1.807) is 31.1 Å². The minimum atomic E-state index is 0.693. The van der Waals surface area contributed by atoms with Crippen LogP contribution in [0.3, 0.4) is 0 Å². The van der Waals surface area contributed by atoms with Gasteiger partial charge in [0, 0.05) is 24.2 Å². The molecule has 3 heterocycles. The Bertz CT molecular complexity index is 587. The minimum Gasteiger partial charge on any atom is -0.343 e. The van der Waals surface area contributed by atoms with Gasteiger partial charge in [-0.25, -0.2) is 9.97 Å². The molecule has 0 saturated heterocycles. The van der Waals surface area contributed by atoms with Crippen LogP contribution in [0.25, 0.3) is 22.4 Å². The summed E-state index contributed by atoms with van der Waals surface area (Å²) >= 11 is 0. The zero-order chi connectivity index (χ0) is 10.1. The van der Waals surface area contributed by atoms with Crippen molar-refractivity contribution in [2.45, 2.75) is 0 Å². The summed E-state index contributed by atoms with van der Waals surface area (Å²) in [4.78, 5) is 19.5. The van der Waals surface area contributed by atoms with Crippen molar-refractivity contribution < 1.29 is 0 Å². The fourth-order valence-corrected chi connectivity index (χ4v) is 1.50. The van der Waals surface area contributed by atoms with Crippen molar-refractivity contribution in [3.8, 4) is 11.3 Å². The molecule has 5 heteroatoms.